The van der Waals surface area contributed by atoms with Crippen molar-refractivity contribution in [3.05, 3.63) is 0 Å². The van der Waals surface area contributed by atoms with Crippen LogP contribution >= 0.6 is 0 Å². The molecular weight excluding hydrogens is 674 g/mol. The summed E-state index contributed by atoms with van der Waals surface area (Å²) >= 11 is 0. The summed E-state index contributed by atoms with van der Waals surface area (Å²) in [7, 11) is 0. The minimum absolute atomic E-state index is 0. The normalized spacial score (nSPS) is 10.3. The monoisotopic (exact) mass is 746 g/mol. The summed E-state index contributed by atoms with van der Waals surface area (Å²) in [5.41, 5.74) is 0. The predicted molar refractivity (Wildman–Crippen MR) is 183 cm³/mol. The Bertz CT molecular complexity index is 461. The molecule has 42 heavy (non-hydrogen) atoms. The minimum Gasteiger partial charge on any atom is 2.00 e. The molecule has 0 unspecified atom stereocenters. The van der Waals surface area contributed by atoms with Crippen LogP contribution in [0.15, 0.2) is 0 Å². The van der Waals surface area contributed by atoms with Crippen LogP contribution in [0.1, 0.15) is 219 Å². The van der Waals surface area contributed by atoms with Crippen molar-refractivity contribution in [2.75, 3.05) is 0 Å². The van der Waals surface area contributed by atoms with Crippen LogP contribution in [-0.2, 0) is 9.59 Å². The summed E-state index contributed by atoms with van der Waals surface area (Å²) in [6, 6.07) is 0. The number of carbonyl (C=O) groups excluding carboxylic acids is 2. The van der Waals surface area contributed by atoms with Gasteiger partial charge in [-0.15, -0.1) is 0 Å². The molecule has 0 aromatic carbocycles. The first-order valence-electron chi connectivity index (χ1n) is 17.9. The first-order valence-corrected chi connectivity index (χ1v) is 17.9. The number of hydrogen-bond acceptors (Lipinski definition) is 4. The maximum atomic E-state index is 10.2. The number of carboxylic acids is 2. The number of hydrogen-bond donors (Lipinski definition) is 0. The number of carbonyl (C=O) groups is 2. The van der Waals surface area contributed by atoms with E-state index in [-0.39, 0.29) is 99.5 Å². The predicted octanol–water partition coefficient (Wildman–Crippen LogP) is 8.70. The van der Waals surface area contributed by atoms with Gasteiger partial charge in [0.25, 0.3) is 0 Å². The van der Waals surface area contributed by atoms with E-state index in [1.807, 2.05) is 0 Å². The van der Waals surface area contributed by atoms with Crippen molar-refractivity contribution in [2.24, 2.45) is 0 Å². The van der Waals surface area contributed by atoms with Gasteiger partial charge in [0.1, 0.15) is 0 Å². The molecule has 6 heteroatoms. The second-order valence-electron chi connectivity index (χ2n) is 12.1. The van der Waals surface area contributed by atoms with Crippen LogP contribution in [0.2, 0.25) is 0 Å². The molecule has 0 aromatic heterocycles. The van der Waals surface area contributed by atoms with Gasteiger partial charge in [-0.3, -0.25) is 0 Å². The van der Waals surface area contributed by atoms with E-state index in [4.69, 9.17) is 0 Å². The second-order valence-corrected chi connectivity index (χ2v) is 12.1. The second kappa shape index (κ2) is 47.2. The fraction of sp³-hybridized carbons (Fsp3) is 0.944. The first kappa shape index (κ1) is 50.6. The smallest absolute Gasteiger partial charge is 2.00 e. The SMILES string of the molecule is CCCCCCCCCCCCCCCCCC(=O)[O-].CCCCCCCCCCCCCCCCCC(=O)[O-].[BaH2].[Ca+2]. The molecule has 0 spiro atoms. The van der Waals surface area contributed by atoms with Crippen molar-refractivity contribution in [2.45, 2.75) is 219 Å². The molecule has 0 N–H and O–H groups in total. The minimum atomic E-state index is -0.903. The quantitative estimate of drug-likeness (QED) is 0.0510. The molecule has 4 nitrogen and oxygen atoms in total. The van der Waals surface area contributed by atoms with E-state index >= 15 is 0 Å². The average Bonchev–Trinajstić information content (AvgIpc) is 2.93. The van der Waals surface area contributed by atoms with Gasteiger partial charge >= 0.3 is 86.6 Å². The van der Waals surface area contributed by atoms with Gasteiger partial charge in [0.2, 0.25) is 0 Å². The standard InChI is InChI=1S/2C18H36O2.Ba.Ca.2H/c2*1-2-3-4-5-6-7-8-9-10-11-12-13-14-15-16-17-18(19)20;;;;/h2*2-17H2,1H3,(H,19,20);;;;/q;;;+2;;/p-2. The number of carboxylic acid groups (broad SMARTS) is 2. The Morgan fingerprint density at radius 3 is 0.619 bits per heavy atom. The van der Waals surface area contributed by atoms with Crippen LogP contribution in [-0.4, -0.2) is 98.6 Å². The molecule has 0 aliphatic rings. The molecule has 0 fully saturated rings. The third kappa shape index (κ3) is 54.3. The van der Waals surface area contributed by atoms with Crippen molar-refractivity contribution >= 4 is 98.6 Å². The molecule has 0 saturated heterocycles. The van der Waals surface area contributed by atoms with E-state index in [0.29, 0.717) is 0 Å². The summed E-state index contributed by atoms with van der Waals surface area (Å²) < 4.78 is 0. The third-order valence-electron chi connectivity index (χ3n) is 7.97. The summed E-state index contributed by atoms with van der Waals surface area (Å²) in [5, 5.41) is 20.4. The Morgan fingerprint density at radius 1 is 0.333 bits per heavy atom. The van der Waals surface area contributed by atoms with Crippen molar-refractivity contribution in [1.82, 2.24) is 0 Å². The maximum absolute atomic E-state index is 10.2. The van der Waals surface area contributed by atoms with Gasteiger partial charge in [-0.2, -0.15) is 0 Å². The van der Waals surface area contributed by atoms with E-state index < -0.39 is 11.9 Å². The van der Waals surface area contributed by atoms with E-state index in [9.17, 15) is 19.8 Å². The van der Waals surface area contributed by atoms with Crippen molar-refractivity contribution in [3.8, 4) is 0 Å². The van der Waals surface area contributed by atoms with Gasteiger partial charge in [0.15, 0.2) is 0 Å². The summed E-state index contributed by atoms with van der Waals surface area (Å²) in [6.45, 7) is 4.53. The largest absolute Gasteiger partial charge is 2.00 e. The fourth-order valence-electron chi connectivity index (χ4n) is 5.28. The van der Waals surface area contributed by atoms with Crippen molar-refractivity contribution in [1.29, 1.82) is 0 Å². The molecule has 0 rings (SSSR count). The summed E-state index contributed by atoms with van der Waals surface area (Å²) in [4.78, 5) is 20.4. The molecule has 0 atom stereocenters. The zero-order valence-electron chi connectivity index (χ0n) is 28.0. The Morgan fingerprint density at radius 2 is 0.476 bits per heavy atom. The van der Waals surface area contributed by atoms with Crippen LogP contribution in [0.25, 0.3) is 0 Å². The molecule has 0 aliphatic carbocycles. The van der Waals surface area contributed by atoms with E-state index in [0.717, 1.165) is 25.7 Å². The molecule has 0 aliphatic heterocycles. The molecule has 0 amide bonds. The summed E-state index contributed by atoms with van der Waals surface area (Å²) in [5.74, 6) is -1.81. The molecule has 0 saturated carbocycles. The van der Waals surface area contributed by atoms with Crippen LogP contribution in [0.3, 0.4) is 0 Å². The Hall–Kier alpha value is 1.77. The molecule has 0 heterocycles. The van der Waals surface area contributed by atoms with E-state index in [1.54, 1.807) is 0 Å². The summed E-state index contributed by atoms with van der Waals surface area (Å²) in [6.07, 6.45) is 39.7. The van der Waals surface area contributed by atoms with Crippen LogP contribution in [0.4, 0.5) is 0 Å². The fourth-order valence-corrected chi connectivity index (χ4v) is 5.28. The average molecular weight is 746 g/mol. The Kier molecular flexibility index (Phi) is 56.9. The molecular formula is C36H72BaCaO4. The van der Waals surface area contributed by atoms with Gasteiger partial charge in [0, 0.05) is 11.9 Å². The van der Waals surface area contributed by atoms with E-state index in [2.05, 4.69) is 13.8 Å². The van der Waals surface area contributed by atoms with Crippen LogP contribution in [0.5, 0.6) is 0 Å². The number of aliphatic carboxylic acids is 2. The topological polar surface area (TPSA) is 80.3 Å². The zero-order valence-corrected chi connectivity index (χ0v) is 30.2. The molecule has 0 aromatic rings. The molecule has 0 bridgehead atoms. The Balaban J connectivity index is -0.000000328. The number of rotatable bonds is 32. The van der Waals surface area contributed by atoms with Crippen LogP contribution in [0, 0.1) is 0 Å². The molecule has 244 valence electrons. The van der Waals surface area contributed by atoms with Gasteiger partial charge in [0.05, 0.1) is 0 Å². The van der Waals surface area contributed by atoms with Crippen molar-refractivity contribution < 1.29 is 19.8 Å². The zero-order chi connectivity index (χ0) is 29.8. The Labute approximate surface area is 333 Å². The third-order valence-corrected chi connectivity index (χ3v) is 7.97. The maximum Gasteiger partial charge on any atom is 2.00 e. The van der Waals surface area contributed by atoms with Crippen LogP contribution < -0.4 is 10.2 Å². The van der Waals surface area contributed by atoms with Gasteiger partial charge in [-0.05, 0) is 25.7 Å². The van der Waals surface area contributed by atoms with E-state index in [1.165, 1.54) is 167 Å². The van der Waals surface area contributed by atoms with Gasteiger partial charge in [-0.1, -0.05) is 194 Å². The molecule has 0 radical (unpaired) electrons. The van der Waals surface area contributed by atoms with Gasteiger partial charge < -0.3 is 19.8 Å². The number of unbranched alkanes of at least 4 members (excludes halogenated alkanes) is 28. The first-order chi connectivity index (χ1) is 19.5. The van der Waals surface area contributed by atoms with Crippen molar-refractivity contribution in [3.63, 3.8) is 0 Å². The van der Waals surface area contributed by atoms with Gasteiger partial charge in [-0.25, -0.2) is 0 Å².